The van der Waals surface area contributed by atoms with E-state index in [4.69, 9.17) is 4.98 Å². The third-order valence-electron chi connectivity index (χ3n) is 4.66. The minimum absolute atomic E-state index is 0.164. The molecular weight excluding hydrogens is 302 g/mol. The number of hydrogen-bond acceptors (Lipinski definition) is 6. The van der Waals surface area contributed by atoms with Crippen LogP contribution in [-0.4, -0.2) is 53.3 Å². The van der Waals surface area contributed by atoms with Crippen molar-refractivity contribution in [3.8, 4) is 0 Å². The van der Waals surface area contributed by atoms with Gasteiger partial charge in [0.05, 0.1) is 6.10 Å². The molecule has 0 amide bonds. The first-order chi connectivity index (χ1) is 11.5. The third-order valence-corrected chi connectivity index (χ3v) is 4.66. The van der Waals surface area contributed by atoms with Crippen LogP contribution in [0.15, 0.2) is 24.4 Å². The van der Waals surface area contributed by atoms with Gasteiger partial charge in [0.25, 0.3) is 0 Å². The summed E-state index contributed by atoms with van der Waals surface area (Å²) in [5.41, 5.74) is 3.07. The van der Waals surface area contributed by atoms with E-state index >= 15 is 0 Å². The number of nitrogens with zero attached hydrogens (tertiary/aromatic N) is 5. The zero-order valence-electron chi connectivity index (χ0n) is 14.8. The van der Waals surface area contributed by atoms with Gasteiger partial charge in [-0.05, 0) is 32.4 Å². The highest BCUT2D eigenvalue weighted by atomic mass is 16.3. The first-order valence-electron chi connectivity index (χ1n) is 8.31. The minimum atomic E-state index is -0.371. The van der Waals surface area contributed by atoms with Gasteiger partial charge in [-0.25, -0.2) is 4.98 Å². The summed E-state index contributed by atoms with van der Waals surface area (Å²) in [6.45, 7) is 5.43. The lowest BCUT2D eigenvalue weighted by atomic mass is 10.00. The number of aliphatic hydroxyl groups excluding tert-OH is 1. The van der Waals surface area contributed by atoms with Gasteiger partial charge in [0.2, 0.25) is 5.95 Å². The number of pyridine rings is 1. The number of hydrogen-bond donors (Lipinski definition) is 1. The summed E-state index contributed by atoms with van der Waals surface area (Å²) in [6.07, 6.45) is 2.21. The van der Waals surface area contributed by atoms with Crippen molar-refractivity contribution in [2.45, 2.75) is 26.4 Å². The van der Waals surface area contributed by atoms with Gasteiger partial charge in [0.15, 0.2) is 0 Å². The number of aryl methyl sites for hydroxylation is 1. The van der Waals surface area contributed by atoms with E-state index in [1.807, 2.05) is 51.0 Å². The average Bonchev–Trinajstić information content (AvgIpc) is 2.91. The maximum atomic E-state index is 10.5. The van der Waals surface area contributed by atoms with E-state index in [1.165, 1.54) is 0 Å². The van der Waals surface area contributed by atoms with Crippen molar-refractivity contribution in [2.75, 3.05) is 37.0 Å². The second-order valence-corrected chi connectivity index (χ2v) is 6.71. The molecule has 24 heavy (non-hydrogen) atoms. The highest BCUT2D eigenvalue weighted by Gasteiger charge is 2.33. The van der Waals surface area contributed by atoms with Gasteiger partial charge in [-0.15, -0.1) is 0 Å². The molecule has 2 atom stereocenters. The molecule has 0 aromatic carbocycles. The standard InChI is InChI=1S/C18H25N5O/c1-12-13(2)20-18(22(3)4)21-17(12)23-10-14(16(24)11-23)9-15-7-5-6-8-19-15/h5-8,14,16,24H,9-11H2,1-4H3/t14-,16-/m1/s1. The van der Waals surface area contributed by atoms with Gasteiger partial charge in [0.1, 0.15) is 5.82 Å². The van der Waals surface area contributed by atoms with Crippen LogP contribution < -0.4 is 9.80 Å². The Morgan fingerprint density at radius 2 is 2.00 bits per heavy atom. The Morgan fingerprint density at radius 1 is 1.21 bits per heavy atom. The predicted octanol–water partition coefficient (Wildman–Crippen LogP) is 1.59. The van der Waals surface area contributed by atoms with Gasteiger partial charge in [0, 0.05) is 56.3 Å². The maximum Gasteiger partial charge on any atom is 0.227 e. The molecule has 128 valence electrons. The SMILES string of the molecule is Cc1nc(N(C)C)nc(N2C[C@@H](Cc3ccccn3)[C@H](O)C2)c1C. The highest BCUT2D eigenvalue weighted by Crippen LogP contribution is 2.29. The third kappa shape index (κ3) is 3.33. The summed E-state index contributed by atoms with van der Waals surface area (Å²) in [4.78, 5) is 17.7. The Kier molecular flexibility index (Phi) is 4.66. The molecule has 0 saturated carbocycles. The van der Waals surface area contributed by atoms with E-state index in [-0.39, 0.29) is 12.0 Å². The number of aliphatic hydroxyl groups is 1. The van der Waals surface area contributed by atoms with Crippen molar-refractivity contribution in [2.24, 2.45) is 5.92 Å². The van der Waals surface area contributed by atoms with Gasteiger partial charge in [-0.2, -0.15) is 4.98 Å². The molecule has 0 aliphatic carbocycles. The zero-order valence-corrected chi connectivity index (χ0v) is 14.8. The summed E-state index contributed by atoms with van der Waals surface area (Å²) in [6, 6.07) is 5.92. The predicted molar refractivity (Wildman–Crippen MR) is 95.5 cm³/mol. The van der Waals surface area contributed by atoms with Crippen LogP contribution in [0.4, 0.5) is 11.8 Å². The molecule has 0 bridgehead atoms. The molecule has 1 N–H and O–H groups in total. The summed E-state index contributed by atoms with van der Waals surface area (Å²) in [5.74, 6) is 1.79. The molecule has 0 spiro atoms. The van der Waals surface area contributed by atoms with Gasteiger partial charge in [-0.1, -0.05) is 6.07 Å². The molecule has 1 aliphatic heterocycles. The molecule has 0 radical (unpaired) electrons. The van der Waals surface area contributed by atoms with E-state index in [9.17, 15) is 5.11 Å². The topological polar surface area (TPSA) is 65.4 Å². The van der Waals surface area contributed by atoms with Crippen LogP contribution in [0.1, 0.15) is 17.0 Å². The number of rotatable bonds is 4. The van der Waals surface area contributed by atoms with Crippen molar-refractivity contribution in [3.63, 3.8) is 0 Å². The number of aromatic nitrogens is 3. The largest absolute Gasteiger partial charge is 0.391 e. The second-order valence-electron chi connectivity index (χ2n) is 6.71. The fourth-order valence-electron chi connectivity index (χ4n) is 3.12. The number of β-amino-alcohol motifs (C(OH)–C–C–N with tert-alkyl or cyclic N) is 1. The Labute approximate surface area is 143 Å². The quantitative estimate of drug-likeness (QED) is 0.920. The highest BCUT2D eigenvalue weighted by molar-refractivity contribution is 5.53. The van der Waals surface area contributed by atoms with Gasteiger partial charge >= 0.3 is 0 Å². The fourth-order valence-corrected chi connectivity index (χ4v) is 3.12. The summed E-state index contributed by atoms with van der Waals surface area (Å²) >= 11 is 0. The summed E-state index contributed by atoms with van der Waals surface area (Å²) in [5, 5.41) is 10.5. The molecule has 0 unspecified atom stereocenters. The van der Waals surface area contributed by atoms with Crippen molar-refractivity contribution in [1.29, 1.82) is 0 Å². The molecule has 3 heterocycles. The Balaban J connectivity index is 1.82. The van der Waals surface area contributed by atoms with Gasteiger partial charge < -0.3 is 14.9 Å². The molecule has 2 aromatic heterocycles. The van der Waals surface area contributed by atoms with E-state index in [0.717, 1.165) is 35.7 Å². The zero-order chi connectivity index (χ0) is 17.3. The fraction of sp³-hybridized carbons (Fsp3) is 0.500. The van der Waals surface area contributed by atoms with Crippen molar-refractivity contribution in [3.05, 3.63) is 41.3 Å². The van der Waals surface area contributed by atoms with E-state index < -0.39 is 0 Å². The second kappa shape index (κ2) is 6.73. The lowest BCUT2D eigenvalue weighted by molar-refractivity contribution is 0.148. The molecule has 1 saturated heterocycles. The maximum absolute atomic E-state index is 10.5. The Hall–Kier alpha value is -2.21. The van der Waals surface area contributed by atoms with E-state index in [2.05, 4.69) is 14.9 Å². The molecule has 1 fully saturated rings. The van der Waals surface area contributed by atoms with Crippen LogP contribution in [0, 0.1) is 19.8 Å². The molecule has 3 rings (SSSR count). The van der Waals surface area contributed by atoms with Crippen LogP contribution in [0.3, 0.4) is 0 Å². The monoisotopic (exact) mass is 327 g/mol. The van der Waals surface area contributed by atoms with Crippen molar-refractivity contribution >= 4 is 11.8 Å². The lowest BCUT2D eigenvalue weighted by Gasteiger charge is -2.22. The van der Waals surface area contributed by atoms with Gasteiger partial charge in [-0.3, -0.25) is 4.98 Å². The molecule has 6 nitrogen and oxygen atoms in total. The van der Waals surface area contributed by atoms with Crippen LogP contribution in [-0.2, 0) is 6.42 Å². The van der Waals surface area contributed by atoms with E-state index in [1.54, 1.807) is 6.20 Å². The Morgan fingerprint density at radius 3 is 2.67 bits per heavy atom. The number of anilines is 2. The van der Waals surface area contributed by atoms with Crippen LogP contribution in [0.25, 0.3) is 0 Å². The first-order valence-corrected chi connectivity index (χ1v) is 8.31. The smallest absolute Gasteiger partial charge is 0.227 e. The van der Waals surface area contributed by atoms with Crippen LogP contribution >= 0.6 is 0 Å². The molecule has 6 heteroatoms. The van der Waals surface area contributed by atoms with Crippen molar-refractivity contribution < 1.29 is 5.11 Å². The molecule has 2 aromatic rings. The minimum Gasteiger partial charge on any atom is -0.391 e. The first kappa shape index (κ1) is 16.6. The molecular formula is C18H25N5O. The normalized spacial score (nSPS) is 20.5. The lowest BCUT2D eigenvalue weighted by Crippen LogP contribution is -2.25. The molecule has 1 aliphatic rings. The van der Waals surface area contributed by atoms with E-state index in [0.29, 0.717) is 12.5 Å². The summed E-state index contributed by atoms with van der Waals surface area (Å²) in [7, 11) is 3.88. The van der Waals surface area contributed by atoms with Crippen LogP contribution in [0.2, 0.25) is 0 Å². The van der Waals surface area contributed by atoms with Crippen molar-refractivity contribution in [1.82, 2.24) is 15.0 Å². The Bertz CT molecular complexity index is 704. The average molecular weight is 327 g/mol. The van der Waals surface area contributed by atoms with Crippen LogP contribution in [0.5, 0.6) is 0 Å². The summed E-state index contributed by atoms with van der Waals surface area (Å²) < 4.78 is 0.